The molecule has 2 heterocycles. The van der Waals surface area contributed by atoms with E-state index < -0.39 is 0 Å². The number of halogens is 2. The predicted octanol–water partition coefficient (Wildman–Crippen LogP) is 4.26. The van der Waals surface area contributed by atoms with Crippen LogP contribution in [0.2, 0.25) is 0 Å². The molecule has 2 aromatic rings. The summed E-state index contributed by atoms with van der Waals surface area (Å²) in [5, 5.41) is 6.95. The predicted molar refractivity (Wildman–Crippen MR) is 134 cm³/mol. The molecule has 1 aromatic carbocycles. The molecule has 30 heavy (non-hydrogen) atoms. The quantitative estimate of drug-likeness (QED) is 0.348. The van der Waals surface area contributed by atoms with Gasteiger partial charge in [-0.1, -0.05) is 32.0 Å². The second-order valence-electron chi connectivity index (χ2n) is 8.42. The van der Waals surface area contributed by atoms with Crippen LogP contribution in [0.3, 0.4) is 0 Å². The molecule has 3 rings (SSSR count). The third kappa shape index (κ3) is 6.55. The zero-order chi connectivity index (χ0) is 20.9. The minimum Gasteiger partial charge on any atom is -0.356 e. The number of anilines is 1. The number of nitrogens with one attached hydrogen (secondary N) is 2. The lowest BCUT2D eigenvalue weighted by atomic mass is 9.84. The number of aryl methyl sites for hydroxylation is 1. The van der Waals surface area contributed by atoms with E-state index in [9.17, 15) is 4.39 Å². The maximum atomic E-state index is 13.6. The average molecular weight is 525 g/mol. The van der Waals surface area contributed by atoms with Gasteiger partial charge in [0.25, 0.3) is 0 Å². The topological polar surface area (TPSA) is 52.6 Å². The molecule has 5 nitrogen and oxygen atoms in total. The van der Waals surface area contributed by atoms with Crippen LogP contribution in [0.15, 0.2) is 47.6 Å². The highest BCUT2D eigenvalue weighted by molar-refractivity contribution is 14.0. The van der Waals surface area contributed by atoms with Crippen molar-refractivity contribution in [3.63, 3.8) is 0 Å². The van der Waals surface area contributed by atoms with Gasteiger partial charge in [-0.05, 0) is 49.1 Å². The number of aliphatic imine (C=N–C) groups is 1. The normalized spacial score (nSPS) is 15.5. The molecular formula is C23H33FIN5. The molecule has 0 aliphatic carbocycles. The number of benzene rings is 1. The molecule has 1 fully saturated rings. The number of guanidine groups is 1. The number of piperidine rings is 1. The minimum absolute atomic E-state index is 0. The molecule has 0 amide bonds. The lowest BCUT2D eigenvalue weighted by Crippen LogP contribution is -2.50. The number of rotatable bonds is 5. The first kappa shape index (κ1) is 24.4. The van der Waals surface area contributed by atoms with Crippen LogP contribution in [0.5, 0.6) is 0 Å². The van der Waals surface area contributed by atoms with Gasteiger partial charge >= 0.3 is 0 Å². The highest BCUT2D eigenvalue weighted by atomic mass is 127. The lowest BCUT2D eigenvalue weighted by Gasteiger charge is -2.34. The van der Waals surface area contributed by atoms with Crippen LogP contribution < -0.4 is 15.5 Å². The van der Waals surface area contributed by atoms with Crippen LogP contribution in [0.1, 0.15) is 37.8 Å². The molecule has 0 radical (unpaired) electrons. The van der Waals surface area contributed by atoms with Gasteiger partial charge in [0.15, 0.2) is 5.96 Å². The van der Waals surface area contributed by atoms with E-state index in [-0.39, 0.29) is 35.2 Å². The summed E-state index contributed by atoms with van der Waals surface area (Å²) in [5.41, 5.74) is 1.95. The van der Waals surface area contributed by atoms with Gasteiger partial charge in [-0.3, -0.25) is 4.99 Å². The zero-order valence-electron chi connectivity index (χ0n) is 18.3. The minimum atomic E-state index is -0.208. The van der Waals surface area contributed by atoms with Gasteiger partial charge in [-0.15, -0.1) is 24.0 Å². The van der Waals surface area contributed by atoms with Gasteiger partial charge in [-0.2, -0.15) is 0 Å². The summed E-state index contributed by atoms with van der Waals surface area (Å²) >= 11 is 0. The van der Waals surface area contributed by atoms with Crippen molar-refractivity contribution < 1.29 is 4.39 Å². The molecule has 7 heteroatoms. The van der Waals surface area contributed by atoms with E-state index in [0.29, 0.717) is 12.6 Å². The van der Waals surface area contributed by atoms with Crippen LogP contribution >= 0.6 is 24.0 Å². The summed E-state index contributed by atoms with van der Waals surface area (Å²) in [5.74, 6) is 1.64. The Kier molecular flexibility index (Phi) is 8.88. The Morgan fingerprint density at radius 2 is 1.97 bits per heavy atom. The smallest absolute Gasteiger partial charge is 0.191 e. The van der Waals surface area contributed by atoms with E-state index in [2.05, 4.69) is 58.4 Å². The molecule has 0 bridgehead atoms. The van der Waals surface area contributed by atoms with Crippen molar-refractivity contribution >= 4 is 35.8 Å². The van der Waals surface area contributed by atoms with E-state index in [1.54, 1.807) is 19.2 Å². The van der Waals surface area contributed by atoms with E-state index >= 15 is 0 Å². The molecule has 1 aliphatic heterocycles. The van der Waals surface area contributed by atoms with Gasteiger partial charge < -0.3 is 15.5 Å². The monoisotopic (exact) mass is 525 g/mol. The molecule has 2 N–H and O–H groups in total. The number of hydrogen-bond donors (Lipinski definition) is 2. The SMILES string of the molecule is CN=C(NCC(C)(C)c1cccc(F)c1)NC1CCN(c2ccc(C)cn2)CC1.I. The average Bonchev–Trinajstić information content (AvgIpc) is 2.72. The highest BCUT2D eigenvalue weighted by Gasteiger charge is 2.24. The summed E-state index contributed by atoms with van der Waals surface area (Å²) in [4.78, 5) is 11.3. The lowest BCUT2D eigenvalue weighted by molar-refractivity contribution is 0.452. The fourth-order valence-corrected chi connectivity index (χ4v) is 3.60. The Bertz CT molecular complexity index is 830. The van der Waals surface area contributed by atoms with Crippen molar-refractivity contribution in [2.45, 2.75) is 45.1 Å². The van der Waals surface area contributed by atoms with Crippen molar-refractivity contribution in [3.8, 4) is 0 Å². The fraction of sp³-hybridized carbons (Fsp3) is 0.478. The second kappa shape index (κ2) is 10.9. The first-order chi connectivity index (χ1) is 13.9. The van der Waals surface area contributed by atoms with E-state index in [4.69, 9.17) is 0 Å². The maximum absolute atomic E-state index is 13.6. The summed E-state index contributed by atoms with van der Waals surface area (Å²) in [6.07, 6.45) is 3.99. The molecule has 1 aromatic heterocycles. The van der Waals surface area contributed by atoms with Crippen molar-refractivity contribution in [1.29, 1.82) is 0 Å². The Labute approximate surface area is 196 Å². The van der Waals surface area contributed by atoms with Crippen LogP contribution in [-0.2, 0) is 5.41 Å². The third-order valence-electron chi connectivity index (χ3n) is 5.58. The maximum Gasteiger partial charge on any atom is 0.191 e. The largest absolute Gasteiger partial charge is 0.356 e. The Hall–Kier alpha value is -1.90. The highest BCUT2D eigenvalue weighted by Crippen LogP contribution is 2.23. The van der Waals surface area contributed by atoms with Gasteiger partial charge in [0.1, 0.15) is 11.6 Å². The number of hydrogen-bond acceptors (Lipinski definition) is 3. The van der Waals surface area contributed by atoms with Crippen LogP contribution in [0.4, 0.5) is 10.2 Å². The zero-order valence-corrected chi connectivity index (χ0v) is 20.6. The first-order valence-corrected chi connectivity index (χ1v) is 10.3. The molecule has 1 aliphatic rings. The van der Waals surface area contributed by atoms with Crippen LogP contribution in [-0.4, -0.2) is 43.7 Å². The fourth-order valence-electron chi connectivity index (χ4n) is 3.60. The summed E-state index contributed by atoms with van der Waals surface area (Å²) in [6.45, 7) is 8.88. The molecule has 0 atom stereocenters. The summed E-state index contributed by atoms with van der Waals surface area (Å²) in [6, 6.07) is 11.4. The first-order valence-electron chi connectivity index (χ1n) is 10.3. The molecule has 1 saturated heterocycles. The number of nitrogens with zero attached hydrogens (tertiary/aromatic N) is 3. The van der Waals surface area contributed by atoms with Gasteiger partial charge in [0, 0.05) is 44.3 Å². The van der Waals surface area contributed by atoms with Gasteiger partial charge in [0.2, 0.25) is 0 Å². The summed E-state index contributed by atoms with van der Waals surface area (Å²) in [7, 11) is 1.79. The molecular weight excluding hydrogens is 492 g/mol. The second-order valence-corrected chi connectivity index (χ2v) is 8.42. The van der Waals surface area contributed by atoms with E-state index in [1.807, 2.05) is 12.3 Å². The molecule has 0 saturated carbocycles. The van der Waals surface area contributed by atoms with Gasteiger partial charge in [0.05, 0.1) is 0 Å². The Morgan fingerprint density at radius 1 is 1.23 bits per heavy atom. The van der Waals surface area contributed by atoms with Crippen LogP contribution in [0.25, 0.3) is 0 Å². The Morgan fingerprint density at radius 3 is 2.57 bits per heavy atom. The van der Waals surface area contributed by atoms with E-state index in [1.165, 1.54) is 11.6 Å². The van der Waals surface area contributed by atoms with Crippen molar-refractivity contribution in [2.24, 2.45) is 4.99 Å². The number of pyridine rings is 1. The van der Waals surface area contributed by atoms with Crippen molar-refractivity contribution in [3.05, 3.63) is 59.5 Å². The third-order valence-corrected chi connectivity index (χ3v) is 5.58. The van der Waals surface area contributed by atoms with Gasteiger partial charge in [-0.25, -0.2) is 9.37 Å². The standard InChI is InChI=1S/C23H32FN5.HI/c1-17-8-9-21(26-15-17)29-12-10-20(11-13-29)28-22(25-4)27-16-23(2,3)18-6-5-7-19(24)14-18;/h5-9,14-15,20H,10-13,16H2,1-4H3,(H2,25,27,28);1H. The molecule has 164 valence electrons. The number of aromatic nitrogens is 1. The molecule has 0 unspecified atom stereocenters. The van der Waals surface area contributed by atoms with Crippen molar-refractivity contribution in [2.75, 3.05) is 31.6 Å². The summed E-state index contributed by atoms with van der Waals surface area (Å²) < 4.78 is 13.6. The van der Waals surface area contributed by atoms with Crippen molar-refractivity contribution in [1.82, 2.24) is 15.6 Å². The molecule has 0 spiro atoms. The van der Waals surface area contributed by atoms with Crippen LogP contribution in [0, 0.1) is 12.7 Å². The van der Waals surface area contributed by atoms with E-state index in [0.717, 1.165) is 43.3 Å². The Balaban J connectivity index is 0.00000320.